The van der Waals surface area contributed by atoms with E-state index in [0.29, 0.717) is 43.2 Å². The van der Waals surface area contributed by atoms with Crippen LogP contribution in [0.25, 0.3) is 0 Å². The molecular weight excluding hydrogens is 388 g/mol. The van der Waals surface area contributed by atoms with Gasteiger partial charge in [-0.2, -0.15) is 4.31 Å². The van der Waals surface area contributed by atoms with Gasteiger partial charge in [0.15, 0.2) is 9.84 Å². The minimum atomic E-state index is -3.45. The predicted molar refractivity (Wildman–Crippen MR) is 102 cm³/mol. The number of sulfone groups is 1. The molecule has 0 radical (unpaired) electrons. The van der Waals surface area contributed by atoms with Gasteiger partial charge in [-0.15, -0.1) is 0 Å². The monoisotopic (exact) mass is 414 g/mol. The third-order valence-electron chi connectivity index (χ3n) is 5.33. The van der Waals surface area contributed by atoms with E-state index in [0.717, 1.165) is 12.8 Å². The maximum Gasteiger partial charge on any atom is 0.243 e. The third-order valence-corrected chi connectivity index (χ3v) is 9.01. The van der Waals surface area contributed by atoms with Crippen molar-refractivity contribution in [2.45, 2.75) is 43.0 Å². The molecule has 1 unspecified atom stereocenters. The van der Waals surface area contributed by atoms with Crippen LogP contribution in [-0.4, -0.2) is 57.7 Å². The topological polar surface area (TPSA) is 101 Å². The summed E-state index contributed by atoms with van der Waals surface area (Å²) in [5.74, 6) is 0.377. The normalized spacial score (nSPS) is 23.9. The van der Waals surface area contributed by atoms with Crippen LogP contribution >= 0.6 is 0 Å². The number of carbonyl (C=O) groups is 1. The SMILES string of the molecule is O=C(CCC1CCN(S(=O)(=O)c2ccccc2)CC1)NC1CCS(=O)(=O)C1. The van der Waals surface area contributed by atoms with Crippen molar-refractivity contribution in [3.05, 3.63) is 30.3 Å². The Bertz CT molecular complexity index is 860. The van der Waals surface area contributed by atoms with Gasteiger partial charge in [0.05, 0.1) is 16.4 Å². The molecule has 1 aromatic rings. The zero-order valence-corrected chi connectivity index (χ0v) is 16.8. The van der Waals surface area contributed by atoms with E-state index < -0.39 is 19.9 Å². The van der Waals surface area contributed by atoms with Gasteiger partial charge in [0.25, 0.3) is 0 Å². The average molecular weight is 415 g/mol. The first kappa shape index (κ1) is 20.3. The molecule has 2 aliphatic rings. The molecule has 0 aromatic heterocycles. The predicted octanol–water partition coefficient (Wildman–Crippen LogP) is 1.17. The third kappa shape index (κ3) is 5.30. The van der Waals surface area contributed by atoms with E-state index in [1.165, 1.54) is 4.31 Å². The number of amides is 1. The Morgan fingerprint density at radius 1 is 1.11 bits per heavy atom. The van der Waals surface area contributed by atoms with Crippen LogP contribution in [0.2, 0.25) is 0 Å². The highest BCUT2D eigenvalue weighted by molar-refractivity contribution is 7.91. The summed E-state index contributed by atoms with van der Waals surface area (Å²) in [5.41, 5.74) is 0. The molecule has 27 heavy (non-hydrogen) atoms. The molecule has 3 rings (SSSR count). The van der Waals surface area contributed by atoms with Gasteiger partial charge in [-0.3, -0.25) is 4.79 Å². The number of nitrogens with zero attached hydrogens (tertiary/aromatic N) is 1. The van der Waals surface area contributed by atoms with Crippen molar-refractivity contribution < 1.29 is 21.6 Å². The highest BCUT2D eigenvalue weighted by Gasteiger charge is 2.31. The Morgan fingerprint density at radius 2 is 1.78 bits per heavy atom. The van der Waals surface area contributed by atoms with Gasteiger partial charge in [0, 0.05) is 25.6 Å². The number of carbonyl (C=O) groups excluding carboxylic acids is 1. The van der Waals surface area contributed by atoms with E-state index in [-0.39, 0.29) is 23.5 Å². The van der Waals surface area contributed by atoms with Crippen LogP contribution in [0, 0.1) is 5.92 Å². The van der Waals surface area contributed by atoms with Crippen LogP contribution in [0.5, 0.6) is 0 Å². The zero-order chi connectivity index (χ0) is 19.5. The van der Waals surface area contributed by atoms with Gasteiger partial charge in [-0.1, -0.05) is 18.2 Å². The van der Waals surface area contributed by atoms with E-state index in [2.05, 4.69) is 5.32 Å². The number of piperidine rings is 1. The first-order valence-electron chi connectivity index (χ1n) is 9.31. The highest BCUT2D eigenvalue weighted by Crippen LogP contribution is 2.26. The minimum absolute atomic E-state index is 0.0362. The molecule has 2 fully saturated rings. The van der Waals surface area contributed by atoms with Crippen molar-refractivity contribution in [2.75, 3.05) is 24.6 Å². The van der Waals surface area contributed by atoms with E-state index in [1.54, 1.807) is 30.3 Å². The molecule has 2 heterocycles. The summed E-state index contributed by atoms with van der Waals surface area (Å²) in [7, 11) is -6.44. The summed E-state index contributed by atoms with van der Waals surface area (Å²) in [5, 5.41) is 2.80. The van der Waals surface area contributed by atoms with E-state index in [9.17, 15) is 21.6 Å². The van der Waals surface area contributed by atoms with Crippen LogP contribution in [-0.2, 0) is 24.7 Å². The van der Waals surface area contributed by atoms with E-state index >= 15 is 0 Å². The molecule has 0 saturated carbocycles. The van der Waals surface area contributed by atoms with Crippen LogP contribution in [0.1, 0.15) is 32.1 Å². The van der Waals surface area contributed by atoms with Crippen LogP contribution in [0.3, 0.4) is 0 Å². The smallest absolute Gasteiger partial charge is 0.243 e. The van der Waals surface area contributed by atoms with Crippen molar-refractivity contribution in [3.63, 3.8) is 0 Å². The fourth-order valence-electron chi connectivity index (χ4n) is 3.72. The maximum absolute atomic E-state index is 12.6. The summed E-state index contributed by atoms with van der Waals surface area (Å²) in [4.78, 5) is 12.4. The largest absolute Gasteiger partial charge is 0.352 e. The molecule has 1 N–H and O–H groups in total. The number of nitrogens with one attached hydrogen (secondary N) is 1. The Morgan fingerprint density at radius 3 is 2.37 bits per heavy atom. The van der Waals surface area contributed by atoms with Crippen molar-refractivity contribution in [3.8, 4) is 0 Å². The summed E-state index contributed by atoms with van der Waals surface area (Å²) in [6, 6.07) is 8.17. The van der Waals surface area contributed by atoms with E-state index in [1.807, 2.05) is 0 Å². The minimum Gasteiger partial charge on any atom is -0.352 e. The van der Waals surface area contributed by atoms with Crippen LogP contribution in [0.4, 0.5) is 0 Å². The molecule has 1 atom stereocenters. The second kappa shape index (κ2) is 8.28. The Balaban J connectivity index is 1.43. The molecule has 0 aliphatic carbocycles. The molecule has 2 aliphatic heterocycles. The van der Waals surface area contributed by atoms with E-state index in [4.69, 9.17) is 0 Å². The van der Waals surface area contributed by atoms with Crippen molar-refractivity contribution in [1.29, 1.82) is 0 Å². The number of hydrogen-bond donors (Lipinski definition) is 1. The molecule has 2 saturated heterocycles. The molecule has 9 heteroatoms. The van der Waals surface area contributed by atoms with Crippen molar-refractivity contribution in [2.24, 2.45) is 5.92 Å². The number of hydrogen-bond acceptors (Lipinski definition) is 5. The molecule has 7 nitrogen and oxygen atoms in total. The van der Waals surface area contributed by atoms with Crippen LogP contribution < -0.4 is 5.32 Å². The lowest BCUT2D eigenvalue weighted by atomic mass is 9.93. The molecule has 1 aromatic carbocycles. The van der Waals surface area contributed by atoms with Gasteiger partial charge < -0.3 is 5.32 Å². The lowest BCUT2D eigenvalue weighted by Gasteiger charge is -2.31. The summed E-state index contributed by atoms with van der Waals surface area (Å²) in [6.07, 6.45) is 3.01. The van der Waals surface area contributed by atoms with Gasteiger partial charge >= 0.3 is 0 Å². The summed E-state index contributed by atoms with van der Waals surface area (Å²) in [6.45, 7) is 0.925. The zero-order valence-electron chi connectivity index (χ0n) is 15.2. The number of benzene rings is 1. The molecule has 1 amide bonds. The maximum atomic E-state index is 12.6. The number of sulfonamides is 1. The van der Waals surface area contributed by atoms with Crippen molar-refractivity contribution in [1.82, 2.24) is 9.62 Å². The fourth-order valence-corrected chi connectivity index (χ4v) is 6.89. The Kier molecular flexibility index (Phi) is 6.22. The Labute approximate surface area is 161 Å². The second-order valence-electron chi connectivity index (χ2n) is 7.37. The first-order valence-corrected chi connectivity index (χ1v) is 12.6. The quantitative estimate of drug-likeness (QED) is 0.753. The summed E-state index contributed by atoms with van der Waals surface area (Å²) < 4.78 is 49.6. The molecule has 150 valence electrons. The van der Waals surface area contributed by atoms with Gasteiger partial charge in [-0.25, -0.2) is 16.8 Å². The summed E-state index contributed by atoms with van der Waals surface area (Å²) >= 11 is 0. The number of rotatable bonds is 6. The van der Waals surface area contributed by atoms with Gasteiger partial charge in [-0.05, 0) is 43.7 Å². The highest BCUT2D eigenvalue weighted by atomic mass is 32.2. The van der Waals surface area contributed by atoms with Gasteiger partial charge in [0.2, 0.25) is 15.9 Å². The van der Waals surface area contributed by atoms with Crippen molar-refractivity contribution >= 4 is 25.8 Å². The molecular formula is C18H26N2O5S2. The molecule has 0 bridgehead atoms. The van der Waals surface area contributed by atoms with Crippen LogP contribution in [0.15, 0.2) is 35.2 Å². The second-order valence-corrected chi connectivity index (χ2v) is 11.5. The average Bonchev–Trinajstić information content (AvgIpc) is 2.99. The standard InChI is InChI=1S/C18H26N2O5S2/c21-18(19-16-10-13-26(22,23)14-16)7-6-15-8-11-20(12-9-15)27(24,25)17-4-2-1-3-5-17/h1-5,15-16H,6-14H2,(H,19,21). The Hall–Kier alpha value is -1.45. The fraction of sp³-hybridized carbons (Fsp3) is 0.611. The first-order chi connectivity index (χ1) is 12.8. The lowest BCUT2D eigenvalue weighted by Crippen LogP contribution is -2.39. The van der Waals surface area contributed by atoms with Gasteiger partial charge in [0.1, 0.15) is 0 Å². The lowest BCUT2D eigenvalue weighted by molar-refractivity contribution is -0.122. The molecule has 0 spiro atoms.